The fraction of sp³-hybridized carbons (Fsp3) is 0.190. The van der Waals surface area contributed by atoms with Crippen molar-refractivity contribution in [2.45, 2.75) is 6.92 Å². The number of aromatic carboxylic acids is 1. The molecule has 1 aliphatic rings. The number of rotatable bonds is 5. The van der Waals surface area contributed by atoms with E-state index in [4.69, 9.17) is 0 Å². The maximum absolute atomic E-state index is 14.9. The molecule has 0 unspecified atom stereocenters. The molecule has 0 radical (unpaired) electrons. The molecule has 168 valence electrons. The van der Waals surface area contributed by atoms with Crippen LogP contribution in [0, 0.1) is 18.7 Å². The average molecular weight is 468 g/mol. The third kappa shape index (κ3) is 3.63. The highest BCUT2D eigenvalue weighted by atomic mass is 32.1. The van der Waals surface area contributed by atoms with E-state index < -0.39 is 22.8 Å². The first-order valence-electron chi connectivity index (χ1n) is 9.91. The number of amides is 1. The number of carbonyl (C=O) groups excluding carboxylic acids is 1. The maximum atomic E-state index is 14.9. The normalized spacial score (nSPS) is 13.8. The number of carbonyl (C=O) groups is 2. The first-order chi connectivity index (χ1) is 15.8. The number of hydrogen-bond acceptors (Lipinski definition) is 7. The highest BCUT2D eigenvalue weighted by Gasteiger charge is 2.35. The van der Waals surface area contributed by atoms with E-state index in [0.29, 0.717) is 10.9 Å². The molecule has 4 aromatic heterocycles. The Morgan fingerprint density at radius 1 is 1.33 bits per heavy atom. The molecule has 33 heavy (non-hydrogen) atoms. The second-order valence-electron chi connectivity index (χ2n) is 7.71. The molecule has 0 bridgehead atoms. The average Bonchev–Trinajstić information content (AvgIpc) is 3.40. The molecule has 1 amide bonds. The minimum atomic E-state index is -1.43. The van der Waals surface area contributed by atoms with Gasteiger partial charge < -0.3 is 20.3 Å². The lowest BCUT2D eigenvalue weighted by Gasteiger charge is -2.39. The molecule has 10 nitrogen and oxygen atoms in total. The summed E-state index contributed by atoms with van der Waals surface area (Å²) in [6, 6.07) is 2.80. The van der Waals surface area contributed by atoms with Gasteiger partial charge in [-0.25, -0.2) is 19.2 Å². The van der Waals surface area contributed by atoms with Gasteiger partial charge in [-0.2, -0.15) is 0 Å². The predicted octanol–water partition coefficient (Wildman–Crippen LogP) is 2.39. The summed E-state index contributed by atoms with van der Waals surface area (Å²) in [5.74, 6) is -2.18. The van der Waals surface area contributed by atoms with Crippen molar-refractivity contribution in [3.05, 3.63) is 63.3 Å². The first-order valence-corrected chi connectivity index (χ1v) is 10.8. The Hall–Kier alpha value is -4.06. The van der Waals surface area contributed by atoms with Crippen molar-refractivity contribution in [3.63, 3.8) is 0 Å². The standard InChI is InChI=1S/C21H17FN6O4S/c1-10-4-15(24-6-10)25-19(30)11-7-27(8-11)18-14(22)5-12-16(29)13(20(31)32)9-28(17(12)26-18)21-23-2-3-33-21/h2-6,9,11,24H,7-8H2,1H3,(H,25,30)(H,31,32). The molecule has 0 atom stereocenters. The van der Waals surface area contributed by atoms with Crippen molar-refractivity contribution in [2.24, 2.45) is 5.92 Å². The van der Waals surface area contributed by atoms with E-state index in [1.165, 1.54) is 22.1 Å². The molecule has 3 N–H and O–H groups in total. The van der Waals surface area contributed by atoms with Crippen molar-refractivity contribution in [2.75, 3.05) is 23.3 Å². The van der Waals surface area contributed by atoms with E-state index >= 15 is 0 Å². The summed E-state index contributed by atoms with van der Waals surface area (Å²) >= 11 is 1.22. The third-order valence-corrected chi connectivity index (χ3v) is 6.18. The summed E-state index contributed by atoms with van der Waals surface area (Å²) in [7, 11) is 0. The Labute approximate surface area is 189 Å². The largest absolute Gasteiger partial charge is 0.477 e. The van der Waals surface area contributed by atoms with Gasteiger partial charge >= 0.3 is 5.97 Å². The molecule has 12 heteroatoms. The summed E-state index contributed by atoms with van der Waals surface area (Å²) in [6.45, 7) is 2.39. The van der Waals surface area contributed by atoms with Gasteiger partial charge in [-0.05, 0) is 24.6 Å². The molecule has 0 aromatic carbocycles. The Kier molecular flexibility index (Phi) is 4.93. The monoisotopic (exact) mass is 468 g/mol. The number of thiazole rings is 1. The van der Waals surface area contributed by atoms with Gasteiger partial charge in [-0.3, -0.25) is 14.2 Å². The number of aromatic nitrogens is 4. The summed E-state index contributed by atoms with van der Waals surface area (Å²) in [6.07, 6.45) is 4.44. The van der Waals surface area contributed by atoms with Crippen molar-refractivity contribution < 1.29 is 19.1 Å². The van der Waals surface area contributed by atoms with Crippen LogP contribution in [-0.2, 0) is 4.79 Å². The van der Waals surface area contributed by atoms with Crippen LogP contribution in [0.1, 0.15) is 15.9 Å². The van der Waals surface area contributed by atoms with Gasteiger partial charge in [-0.15, -0.1) is 11.3 Å². The number of carboxylic acids is 1. The summed E-state index contributed by atoms with van der Waals surface area (Å²) < 4.78 is 16.3. The van der Waals surface area contributed by atoms with E-state index in [0.717, 1.165) is 17.8 Å². The molecule has 0 aliphatic carbocycles. The highest BCUT2D eigenvalue weighted by Crippen LogP contribution is 2.29. The van der Waals surface area contributed by atoms with Gasteiger partial charge in [0, 0.05) is 37.1 Å². The van der Waals surface area contributed by atoms with Crippen LogP contribution in [0.15, 0.2) is 40.9 Å². The Bertz CT molecular complexity index is 1460. The number of aromatic amines is 1. The number of anilines is 2. The number of carboxylic acid groups (broad SMARTS) is 1. The number of nitrogens with zero attached hydrogens (tertiary/aromatic N) is 4. The van der Waals surface area contributed by atoms with Crippen LogP contribution in [0.2, 0.25) is 0 Å². The van der Waals surface area contributed by atoms with E-state index in [2.05, 4.69) is 20.3 Å². The smallest absolute Gasteiger partial charge is 0.341 e. The Morgan fingerprint density at radius 2 is 2.12 bits per heavy atom. The van der Waals surface area contributed by atoms with Crippen molar-refractivity contribution in [1.29, 1.82) is 0 Å². The minimum absolute atomic E-state index is 0.0185. The summed E-state index contributed by atoms with van der Waals surface area (Å²) in [5.41, 5.74) is -0.260. The quantitative estimate of drug-likeness (QED) is 0.410. The number of hydrogen-bond donors (Lipinski definition) is 3. The molecule has 5 heterocycles. The molecule has 1 fully saturated rings. The SMILES string of the molecule is Cc1c[nH]c(NC(=O)C2CN(c3nc4c(cc3F)c(=O)c(C(=O)O)cn4-c3nccs3)C2)c1. The lowest BCUT2D eigenvalue weighted by molar-refractivity contribution is -0.120. The number of fused-ring (bicyclic) bond motifs is 1. The summed E-state index contributed by atoms with van der Waals surface area (Å²) in [5, 5.41) is 14.1. The molecule has 5 rings (SSSR count). The fourth-order valence-corrected chi connectivity index (χ4v) is 4.31. The van der Waals surface area contributed by atoms with E-state index in [-0.39, 0.29) is 41.8 Å². The van der Waals surface area contributed by atoms with E-state index in [9.17, 15) is 23.9 Å². The molecule has 4 aromatic rings. The van der Waals surface area contributed by atoms with Gasteiger partial charge in [0.25, 0.3) is 0 Å². The van der Waals surface area contributed by atoms with Crippen LogP contribution in [0.3, 0.4) is 0 Å². The van der Waals surface area contributed by atoms with Crippen molar-refractivity contribution in [1.82, 2.24) is 19.5 Å². The fourth-order valence-electron chi connectivity index (χ4n) is 3.70. The maximum Gasteiger partial charge on any atom is 0.341 e. The molecular weight excluding hydrogens is 451 g/mol. The van der Waals surface area contributed by atoms with E-state index in [1.807, 2.05) is 13.0 Å². The highest BCUT2D eigenvalue weighted by molar-refractivity contribution is 7.12. The number of halogens is 1. The van der Waals surface area contributed by atoms with Gasteiger partial charge in [0.2, 0.25) is 11.3 Å². The summed E-state index contributed by atoms with van der Waals surface area (Å²) in [4.78, 5) is 49.7. The molecular formula is C21H17FN6O4S. The lowest BCUT2D eigenvalue weighted by atomic mass is 9.99. The second kappa shape index (κ2) is 7.81. The van der Waals surface area contributed by atoms with Gasteiger partial charge in [0.15, 0.2) is 22.4 Å². The zero-order valence-corrected chi connectivity index (χ0v) is 18.0. The number of H-pyrrole nitrogens is 1. The molecule has 1 aliphatic heterocycles. The topological polar surface area (TPSA) is 133 Å². The van der Waals surface area contributed by atoms with Crippen molar-refractivity contribution >= 4 is 45.9 Å². The van der Waals surface area contributed by atoms with Gasteiger partial charge in [0.1, 0.15) is 11.4 Å². The van der Waals surface area contributed by atoms with Crippen LogP contribution >= 0.6 is 11.3 Å². The van der Waals surface area contributed by atoms with Crippen LogP contribution in [0.4, 0.5) is 16.0 Å². The lowest BCUT2D eigenvalue weighted by Crippen LogP contribution is -2.52. The second-order valence-corrected chi connectivity index (χ2v) is 8.58. The molecule has 0 spiro atoms. The number of nitrogens with one attached hydrogen (secondary N) is 2. The number of pyridine rings is 2. The van der Waals surface area contributed by atoms with Crippen LogP contribution < -0.4 is 15.6 Å². The first kappa shape index (κ1) is 20.8. The molecule has 1 saturated heterocycles. The third-order valence-electron chi connectivity index (χ3n) is 5.41. The van der Waals surface area contributed by atoms with Gasteiger partial charge in [-0.1, -0.05) is 0 Å². The van der Waals surface area contributed by atoms with Crippen LogP contribution in [0.5, 0.6) is 0 Å². The zero-order valence-electron chi connectivity index (χ0n) is 17.2. The van der Waals surface area contributed by atoms with Gasteiger partial charge in [0.05, 0.1) is 11.3 Å². The van der Waals surface area contributed by atoms with Crippen LogP contribution in [-0.4, -0.2) is 49.6 Å². The predicted molar refractivity (Wildman–Crippen MR) is 120 cm³/mol. The number of aryl methyl sites for hydroxylation is 1. The molecule has 0 saturated carbocycles. The van der Waals surface area contributed by atoms with E-state index in [1.54, 1.807) is 16.5 Å². The van der Waals surface area contributed by atoms with Crippen molar-refractivity contribution in [3.8, 4) is 5.13 Å². The van der Waals surface area contributed by atoms with Crippen LogP contribution in [0.25, 0.3) is 16.2 Å². The minimum Gasteiger partial charge on any atom is -0.477 e. The zero-order chi connectivity index (χ0) is 23.3. The Balaban J connectivity index is 1.48. The Morgan fingerprint density at radius 3 is 2.76 bits per heavy atom.